The zero-order valence-corrected chi connectivity index (χ0v) is 13.8. The second-order valence-corrected chi connectivity index (χ2v) is 5.77. The lowest BCUT2D eigenvalue weighted by Crippen LogP contribution is -2.48. The summed E-state index contributed by atoms with van der Waals surface area (Å²) in [5.74, 6) is -0.672. The van der Waals surface area contributed by atoms with Gasteiger partial charge in [-0.1, -0.05) is 24.6 Å². The van der Waals surface area contributed by atoms with Crippen molar-refractivity contribution in [3.8, 4) is 0 Å². The van der Waals surface area contributed by atoms with Crippen LogP contribution in [0.25, 0.3) is 0 Å². The maximum Gasteiger partial charge on any atom is 0.325 e. The molecule has 1 aromatic carbocycles. The Hall–Kier alpha value is -2.41. The van der Waals surface area contributed by atoms with Crippen molar-refractivity contribution >= 4 is 23.6 Å². The largest absolute Gasteiger partial charge is 0.469 e. The van der Waals surface area contributed by atoms with E-state index in [1.807, 2.05) is 11.0 Å². The number of likely N-dealkylation sites (tertiary alicyclic amines) is 1. The van der Waals surface area contributed by atoms with Gasteiger partial charge in [0.1, 0.15) is 0 Å². The van der Waals surface area contributed by atoms with E-state index in [2.05, 4.69) is 10.6 Å². The van der Waals surface area contributed by atoms with E-state index in [1.54, 1.807) is 24.3 Å². The molecule has 0 saturated carbocycles. The van der Waals surface area contributed by atoms with Crippen molar-refractivity contribution in [2.45, 2.75) is 31.7 Å². The van der Waals surface area contributed by atoms with Crippen LogP contribution in [0.4, 0.5) is 10.5 Å². The van der Waals surface area contributed by atoms with Crippen LogP contribution < -0.4 is 10.6 Å². The van der Waals surface area contributed by atoms with E-state index >= 15 is 0 Å². The molecule has 0 spiro atoms. The average Bonchev–Trinajstić information content (AvgIpc) is 2.57. The van der Waals surface area contributed by atoms with Crippen LogP contribution in [-0.4, -0.2) is 49.0 Å². The zero-order chi connectivity index (χ0) is 17.4. The minimum Gasteiger partial charge on any atom is -0.469 e. The zero-order valence-electron chi connectivity index (χ0n) is 13.8. The third-order valence-corrected chi connectivity index (χ3v) is 4.01. The van der Waals surface area contributed by atoms with Crippen LogP contribution in [0.15, 0.2) is 30.3 Å². The molecule has 1 saturated heterocycles. The van der Waals surface area contributed by atoms with Crippen molar-refractivity contribution < 1.29 is 19.1 Å². The number of imide groups is 1. The number of hydrogen-bond acceptors (Lipinski definition) is 5. The SMILES string of the molecule is COC(=O)CC1CCCCN1CC(=O)NC(=O)Nc1ccccc1. The lowest BCUT2D eigenvalue weighted by Gasteiger charge is -2.34. The van der Waals surface area contributed by atoms with Crippen molar-refractivity contribution in [1.82, 2.24) is 10.2 Å². The molecule has 7 nitrogen and oxygen atoms in total. The molecule has 2 N–H and O–H groups in total. The summed E-state index contributed by atoms with van der Waals surface area (Å²) in [6, 6.07) is 8.32. The van der Waals surface area contributed by atoms with Gasteiger partial charge in [0.25, 0.3) is 0 Å². The van der Waals surface area contributed by atoms with E-state index in [0.717, 1.165) is 25.8 Å². The third kappa shape index (κ3) is 5.66. The second-order valence-electron chi connectivity index (χ2n) is 5.77. The van der Waals surface area contributed by atoms with Gasteiger partial charge in [-0.3, -0.25) is 19.8 Å². The molecule has 0 aliphatic carbocycles. The van der Waals surface area contributed by atoms with Crippen molar-refractivity contribution in [3.63, 3.8) is 0 Å². The summed E-state index contributed by atoms with van der Waals surface area (Å²) >= 11 is 0. The van der Waals surface area contributed by atoms with Gasteiger partial charge in [-0.05, 0) is 31.5 Å². The smallest absolute Gasteiger partial charge is 0.325 e. The highest BCUT2D eigenvalue weighted by Gasteiger charge is 2.27. The van der Waals surface area contributed by atoms with Crippen LogP contribution >= 0.6 is 0 Å². The van der Waals surface area contributed by atoms with Crippen molar-refractivity contribution in [1.29, 1.82) is 0 Å². The minimum atomic E-state index is -0.562. The molecule has 1 atom stereocenters. The quantitative estimate of drug-likeness (QED) is 0.802. The van der Waals surface area contributed by atoms with Gasteiger partial charge in [-0.2, -0.15) is 0 Å². The number of amides is 3. The Labute approximate surface area is 141 Å². The molecule has 130 valence electrons. The molecular weight excluding hydrogens is 310 g/mol. The van der Waals surface area contributed by atoms with Crippen LogP contribution in [-0.2, 0) is 14.3 Å². The number of para-hydroxylation sites is 1. The number of rotatable bonds is 5. The highest BCUT2D eigenvalue weighted by atomic mass is 16.5. The topological polar surface area (TPSA) is 87.7 Å². The molecule has 2 rings (SSSR count). The highest BCUT2D eigenvalue weighted by Crippen LogP contribution is 2.19. The number of nitrogens with zero attached hydrogens (tertiary/aromatic N) is 1. The van der Waals surface area contributed by atoms with E-state index in [-0.39, 0.29) is 30.9 Å². The average molecular weight is 333 g/mol. The van der Waals surface area contributed by atoms with E-state index < -0.39 is 6.03 Å². The molecule has 1 aliphatic heterocycles. The van der Waals surface area contributed by atoms with E-state index in [4.69, 9.17) is 4.74 Å². The molecule has 1 fully saturated rings. The van der Waals surface area contributed by atoms with Crippen LogP contribution in [0.1, 0.15) is 25.7 Å². The number of carbonyl (C=O) groups excluding carboxylic acids is 3. The number of esters is 1. The first-order chi connectivity index (χ1) is 11.6. The van der Waals surface area contributed by atoms with E-state index in [1.165, 1.54) is 7.11 Å². The first-order valence-electron chi connectivity index (χ1n) is 8.05. The van der Waals surface area contributed by atoms with Gasteiger partial charge in [-0.25, -0.2) is 4.79 Å². The highest BCUT2D eigenvalue weighted by molar-refractivity contribution is 6.01. The van der Waals surface area contributed by atoms with Gasteiger partial charge in [0.15, 0.2) is 0 Å². The molecule has 0 bridgehead atoms. The van der Waals surface area contributed by atoms with Crippen molar-refractivity contribution in [3.05, 3.63) is 30.3 Å². The summed E-state index contributed by atoms with van der Waals surface area (Å²) in [7, 11) is 1.36. The fourth-order valence-corrected chi connectivity index (χ4v) is 2.81. The maximum atomic E-state index is 12.1. The molecule has 1 aliphatic rings. The lowest BCUT2D eigenvalue weighted by atomic mass is 9.99. The standard InChI is InChI=1S/C17H23N3O4/c1-24-16(22)11-14-9-5-6-10-20(14)12-15(21)19-17(23)18-13-7-3-2-4-8-13/h2-4,7-8,14H,5-6,9-12H2,1H3,(H2,18,19,21,23). The number of urea groups is 1. The van der Waals surface area contributed by atoms with Crippen LogP contribution in [0.5, 0.6) is 0 Å². The first-order valence-corrected chi connectivity index (χ1v) is 8.05. The third-order valence-electron chi connectivity index (χ3n) is 4.01. The Balaban J connectivity index is 1.83. The molecule has 7 heteroatoms. The molecular formula is C17H23N3O4. The minimum absolute atomic E-state index is 0.0193. The Bertz CT molecular complexity index is 576. The number of piperidine rings is 1. The number of anilines is 1. The Morgan fingerprint density at radius 3 is 2.67 bits per heavy atom. The van der Waals surface area contributed by atoms with Gasteiger partial charge in [0, 0.05) is 11.7 Å². The number of carbonyl (C=O) groups is 3. The molecule has 1 unspecified atom stereocenters. The van der Waals surface area contributed by atoms with Gasteiger partial charge in [0.05, 0.1) is 20.1 Å². The normalized spacial score (nSPS) is 17.8. The molecule has 24 heavy (non-hydrogen) atoms. The first kappa shape index (κ1) is 17.9. The summed E-state index contributed by atoms with van der Waals surface area (Å²) in [6.07, 6.45) is 3.11. The molecule has 1 aromatic rings. The summed E-state index contributed by atoms with van der Waals surface area (Å²) in [4.78, 5) is 37.3. The predicted molar refractivity (Wildman–Crippen MR) is 89.4 cm³/mol. The Kier molecular flexibility index (Phi) is 6.74. The van der Waals surface area contributed by atoms with Crippen LogP contribution in [0, 0.1) is 0 Å². The molecule has 0 radical (unpaired) electrons. The summed E-state index contributed by atoms with van der Waals surface area (Å²) in [5.41, 5.74) is 0.615. The fraction of sp³-hybridized carbons (Fsp3) is 0.471. The summed E-state index contributed by atoms with van der Waals surface area (Å²) < 4.78 is 4.71. The number of hydrogen-bond donors (Lipinski definition) is 2. The fourth-order valence-electron chi connectivity index (χ4n) is 2.81. The van der Waals surface area contributed by atoms with Gasteiger partial charge >= 0.3 is 12.0 Å². The van der Waals surface area contributed by atoms with Crippen molar-refractivity contribution in [2.75, 3.05) is 25.5 Å². The van der Waals surface area contributed by atoms with Gasteiger partial charge < -0.3 is 10.1 Å². The second kappa shape index (κ2) is 9.02. The van der Waals surface area contributed by atoms with E-state index in [9.17, 15) is 14.4 Å². The van der Waals surface area contributed by atoms with Crippen LogP contribution in [0.3, 0.4) is 0 Å². The van der Waals surface area contributed by atoms with Crippen molar-refractivity contribution in [2.24, 2.45) is 0 Å². The van der Waals surface area contributed by atoms with E-state index in [0.29, 0.717) is 5.69 Å². The number of benzene rings is 1. The molecule has 0 aromatic heterocycles. The van der Waals surface area contributed by atoms with Gasteiger partial charge in [-0.15, -0.1) is 0 Å². The Morgan fingerprint density at radius 1 is 1.21 bits per heavy atom. The summed E-state index contributed by atoms with van der Waals surface area (Å²) in [6.45, 7) is 0.819. The van der Waals surface area contributed by atoms with Crippen LogP contribution in [0.2, 0.25) is 0 Å². The lowest BCUT2D eigenvalue weighted by molar-refractivity contribution is -0.143. The Morgan fingerprint density at radius 2 is 1.96 bits per heavy atom. The molecule has 3 amide bonds. The predicted octanol–water partition coefficient (Wildman–Crippen LogP) is 1.75. The molecule has 1 heterocycles. The summed E-state index contributed by atoms with van der Waals surface area (Å²) in [5, 5.41) is 4.92. The number of nitrogens with one attached hydrogen (secondary N) is 2. The van der Waals surface area contributed by atoms with Gasteiger partial charge in [0.2, 0.25) is 5.91 Å². The number of ether oxygens (including phenoxy) is 1. The maximum absolute atomic E-state index is 12.1. The number of methoxy groups -OCH3 is 1. The monoisotopic (exact) mass is 333 g/mol.